The average Bonchev–Trinajstić information content (AvgIpc) is 3.50. The summed E-state index contributed by atoms with van der Waals surface area (Å²) < 4.78 is 0. The maximum Gasteiger partial charge on any atom is 0.0514 e. The van der Waals surface area contributed by atoms with Gasteiger partial charge >= 0.3 is 0 Å². The van der Waals surface area contributed by atoms with Crippen LogP contribution in [0.3, 0.4) is 0 Å². The molecule has 0 amide bonds. The van der Waals surface area contributed by atoms with E-state index in [1.807, 2.05) is 6.07 Å². The van der Waals surface area contributed by atoms with E-state index in [1.165, 1.54) is 74.2 Å². The molecular formula is C40H37N. The van der Waals surface area contributed by atoms with Gasteiger partial charge in [0, 0.05) is 17.0 Å². The Kier molecular flexibility index (Phi) is 6.39. The largest absolute Gasteiger partial charge is 0.378 e. The minimum atomic E-state index is 0.0773. The van der Waals surface area contributed by atoms with Gasteiger partial charge in [0.15, 0.2) is 0 Å². The third-order valence-electron chi connectivity index (χ3n) is 9.27. The number of aryl methyl sites for hydroxylation is 1. The topological polar surface area (TPSA) is 12.0 Å². The zero-order chi connectivity index (χ0) is 28.0. The third kappa shape index (κ3) is 4.60. The SMILES string of the molecule is CC1(C)c2ccccc2-c2cc(-c3ccc4c(c3)C3CCC=CC3N4)ccc21.Cc1ccc(-c2ccccc2)cc1. The number of benzene rings is 5. The van der Waals surface area contributed by atoms with E-state index in [9.17, 15) is 0 Å². The molecule has 8 rings (SSSR count). The Morgan fingerprint density at radius 3 is 2.12 bits per heavy atom. The quantitative estimate of drug-likeness (QED) is 0.223. The summed E-state index contributed by atoms with van der Waals surface area (Å²) in [6.45, 7) is 6.79. The predicted octanol–water partition coefficient (Wildman–Crippen LogP) is 10.5. The molecule has 1 heteroatoms. The zero-order valence-corrected chi connectivity index (χ0v) is 24.2. The van der Waals surface area contributed by atoms with Crippen molar-refractivity contribution in [2.75, 3.05) is 5.32 Å². The smallest absolute Gasteiger partial charge is 0.0514 e. The van der Waals surface area contributed by atoms with E-state index < -0.39 is 0 Å². The van der Waals surface area contributed by atoms with Crippen LogP contribution in [0.2, 0.25) is 0 Å². The van der Waals surface area contributed by atoms with E-state index in [2.05, 4.69) is 147 Å². The molecule has 0 saturated carbocycles. The molecule has 2 atom stereocenters. The van der Waals surface area contributed by atoms with E-state index in [1.54, 1.807) is 0 Å². The van der Waals surface area contributed by atoms with Crippen LogP contribution in [0, 0.1) is 6.92 Å². The summed E-state index contributed by atoms with van der Waals surface area (Å²) in [5, 5.41) is 3.69. The van der Waals surface area contributed by atoms with E-state index in [0.717, 1.165) is 0 Å². The maximum absolute atomic E-state index is 3.69. The lowest BCUT2D eigenvalue weighted by molar-refractivity contribution is 0.598. The molecule has 0 aromatic heterocycles. The van der Waals surface area contributed by atoms with Gasteiger partial charge in [0.2, 0.25) is 0 Å². The van der Waals surface area contributed by atoms with Crippen molar-refractivity contribution in [1.29, 1.82) is 0 Å². The summed E-state index contributed by atoms with van der Waals surface area (Å²) in [5.74, 6) is 0.619. The first-order valence-electron chi connectivity index (χ1n) is 14.9. The molecule has 202 valence electrons. The van der Waals surface area contributed by atoms with Crippen molar-refractivity contribution in [3.8, 4) is 33.4 Å². The first kappa shape index (κ1) is 25.6. The molecule has 1 nitrogen and oxygen atoms in total. The van der Waals surface area contributed by atoms with Crippen LogP contribution in [-0.4, -0.2) is 6.04 Å². The predicted molar refractivity (Wildman–Crippen MR) is 175 cm³/mol. The van der Waals surface area contributed by atoms with Crippen molar-refractivity contribution < 1.29 is 0 Å². The Morgan fingerprint density at radius 2 is 1.29 bits per heavy atom. The number of rotatable bonds is 2. The van der Waals surface area contributed by atoms with Gasteiger partial charge in [-0.15, -0.1) is 0 Å². The van der Waals surface area contributed by atoms with Crippen molar-refractivity contribution in [1.82, 2.24) is 0 Å². The van der Waals surface area contributed by atoms with E-state index in [-0.39, 0.29) is 5.41 Å². The Balaban J connectivity index is 0.000000179. The van der Waals surface area contributed by atoms with Gasteiger partial charge in [-0.3, -0.25) is 0 Å². The summed E-state index contributed by atoms with van der Waals surface area (Å²) in [6.07, 6.45) is 7.11. The van der Waals surface area contributed by atoms with Crippen molar-refractivity contribution in [3.63, 3.8) is 0 Å². The molecule has 2 unspecified atom stereocenters. The fourth-order valence-corrected chi connectivity index (χ4v) is 6.97. The summed E-state index contributed by atoms with van der Waals surface area (Å²) >= 11 is 0. The highest BCUT2D eigenvalue weighted by Gasteiger charge is 2.35. The molecule has 5 aromatic rings. The van der Waals surface area contributed by atoms with Gasteiger partial charge in [-0.1, -0.05) is 129 Å². The number of hydrogen-bond acceptors (Lipinski definition) is 1. The lowest BCUT2D eigenvalue weighted by Gasteiger charge is -2.21. The van der Waals surface area contributed by atoms with E-state index in [0.29, 0.717) is 12.0 Å². The molecule has 0 fully saturated rings. The highest BCUT2D eigenvalue weighted by atomic mass is 15.0. The molecule has 2 aliphatic carbocycles. The van der Waals surface area contributed by atoms with Crippen LogP contribution >= 0.6 is 0 Å². The fraction of sp³-hybridized carbons (Fsp3) is 0.200. The minimum Gasteiger partial charge on any atom is -0.378 e. The molecule has 1 N–H and O–H groups in total. The Morgan fingerprint density at radius 1 is 0.634 bits per heavy atom. The Hall–Kier alpha value is -4.36. The average molecular weight is 532 g/mol. The fourth-order valence-electron chi connectivity index (χ4n) is 6.97. The second kappa shape index (κ2) is 10.2. The Labute approximate surface area is 244 Å². The van der Waals surface area contributed by atoms with Crippen molar-refractivity contribution in [3.05, 3.63) is 150 Å². The zero-order valence-electron chi connectivity index (χ0n) is 24.2. The number of hydrogen-bond donors (Lipinski definition) is 1. The summed E-state index contributed by atoms with van der Waals surface area (Å²) in [7, 11) is 0. The van der Waals surface area contributed by atoms with Crippen LogP contribution in [0.15, 0.2) is 127 Å². The van der Waals surface area contributed by atoms with Gasteiger partial charge in [0.05, 0.1) is 6.04 Å². The van der Waals surface area contributed by atoms with Crippen LogP contribution in [0.25, 0.3) is 33.4 Å². The number of allylic oxidation sites excluding steroid dienone is 1. The molecule has 41 heavy (non-hydrogen) atoms. The first-order valence-corrected chi connectivity index (χ1v) is 14.9. The lowest BCUT2D eigenvalue weighted by atomic mass is 9.82. The Bertz CT molecular complexity index is 1740. The number of nitrogens with one attached hydrogen (secondary N) is 1. The second-order valence-electron chi connectivity index (χ2n) is 12.2. The third-order valence-corrected chi connectivity index (χ3v) is 9.27. The first-order chi connectivity index (χ1) is 20.0. The van der Waals surface area contributed by atoms with Crippen LogP contribution < -0.4 is 5.32 Å². The summed E-state index contributed by atoms with van der Waals surface area (Å²) in [5.41, 5.74) is 15.1. The molecule has 0 bridgehead atoms. The minimum absolute atomic E-state index is 0.0773. The molecular weight excluding hydrogens is 494 g/mol. The molecule has 1 aliphatic heterocycles. The van der Waals surface area contributed by atoms with Gasteiger partial charge in [0.25, 0.3) is 0 Å². The van der Waals surface area contributed by atoms with Crippen molar-refractivity contribution in [2.45, 2.75) is 51.0 Å². The highest BCUT2D eigenvalue weighted by molar-refractivity contribution is 5.85. The van der Waals surface area contributed by atoms with Gasteiger partial charge in [-0.05, 0) is 88.0 Å². The molecule has 0 saturated heterocycles. The maximum atomic E-state index is 3.69. The molecule has 0 spiro atoms. The molecule has 5 aromatic carbocycles. The number of anilines is 1. The lowest BCUT2D eigenvalue weighted by Crippen LogP contribution is -2.19. The summed E-state index contributed by atoms with van der Waals surface area (Å²) in [6, 6.07) is 42.4. The molecule has 1 heterocycles. The summed E-state index contributed by atoms with van der Waals surface area (Å²) in [4.78, 5) is 0. The normalized spacial score (nSPS) is 18.7. The van der Waals surface area contributed by atoms with E-state index >= 15 is 0 Å². The van der Waals surface area contributed by atoms with Crippen LogP contribution in [0.5, 0.6) is 0 Å². The van der Waals surface area contributed by atoms with Crippen LogP contribution in [0.4, 0.5) is 5.69 Å². The van der Waals surface area contributed by atoms with Gasteiger partial charge in [-0.25, -0.2) is 0 Å². The second-order valence-corrected chi connectivity index (χ2v) is 12.2. The standard InChI is InChI=1S/C27H25N.C13H12/c1-27(2)23-9-5-3-7-19(23)21-15-17(11-13-24(21)27)18-12-14-26-22(16-18)20-8-4-6-10-25(20)28-26;1-11-7-9-13(10-8-11)12-5-3-2-4-6-12/h3,5-7,9-16,20,25,28H,4,8H2,1-2H3;2-10H,1H3. The monoisotopic (exact) mass is 531 g/mol. The molecule has 3 aliphatic rings. The van der Waals surface area contributed by atoms with Crippen LogP contribution in [0.1, 0.15) is 54.9 Å². The molecule has 0 radical (unpaired) electrons. The van der Waals surface area contributed by atoms with Crippen LogP contribution in [-0.2, 0) is 5.41 Å². The van der Waals surface area contributed by atoms with Gasteiger partial charge in [0.1, 0.15) is 0 Å². The van der Waals surface area contributed by atoms with Crippen molar-refractivity contribution in [2.24, 2.45) is 0 Å². The van der Waals surface area contributed by atoms with Crippen molar-refractivity contribution >= 4 is 5.69 Å². The van der Waals surface area contributed by atoms with Gasteiger partial charge in [-0.2, -0.15) is 0 Å². The van der Waals surface area contributed by atoms with Gasteiger partial charge < -0.3 is 5.32 Å². The highest BCUT2D eigenvalue weighted by Crippen LogP contribution is 2.50. The van der Waals surface area contributed by atoms with E-state index in [4.69, 9.17) is 0 Å². The number of fused-ring (bicyclic) bond motifs is 6.